The summed E-state index contributed by atoms with van der Waals surface area (Å²) >= 11 is 0. The van der Waals surface area contributed by atoms with Gasteiger partial charge in [0.1, 0.15) is 0 Å². The Hall–Kier alpha value is -1.06. The van der Waals surface area contributed by atoms with Gasteiger partial charge in [-0.3, -0.25) is 0 Å². The predicted octanol–water partition coefficient (Wildman–Crippen LogP) is 0.665. The topological polar surface area (TPSA) is 56.7 Å². The van der Waals surface area contributed by atoms with Gasteiger partial charge in [-0.1, -0.05) is 6.42 Å². The number of hydrogen-bond acceptors (Lipinski definition) is 3. The van der Waals surface area contributed by atoms with E-state index in [0.29, 0.717) is 11.9 Å². The number of anilines is 1. The Morgan fingerprint density at radius 3 is 2.64 bits per heavy atom. The molecule has 2 N–H and O–H groups in total. The summed E-state index contributed by atoms with van der Waals surface area (Å²) < 4.78 is 1.63. The second kappa shape index (κ2) is 2.22. The number of aryl methyl sites for hydroxylation is 1. The van der Waals surface area contributed by atoms with Crippen LogP contribution in [0.3, 0.4) is 0 Å². The molecule has 0 amide bonds. The molecule has 2 rings (SSSR count). The summed E-state index contributed by atoms with van der Waals surface area (Å²) in [4.78, 5) is 4.16. The van der Waals surface area contributed by atoms with Crippen LogP contribution in [0.25, 0.3) is 0 Å². The molecule has 0 radical (unpaired) electrons. The molecule has 1 aliphatic rings. The predicted molar refractivity (Wildman–Crippen MR) is 42.0 cm³/mol. The van der Waals surface area contributed by atoms with Crippen LogP contribution in [0.15, 0.2) is 0 Å². The molecule has 60 valence electrons. The fourth-order valence-corrected chi connectivity index (χ4v) is 1.26. The summed E-state index contributed by atoms with van der Waals surface area (Å²) in [5.41, 5.74) is 5.55. The highest BCUT2D eigenvalue weighted by Gasteiger charge is 2.23. The molecule has 1 aromatic heterocycles. The number of hydrogen-bond donors (Lipinski definition) is 1. The van der Waals surface area contributed by atoms with Crippen molar-refractivity contribution >= 4 is 5.95 Å². The normalized spacial score (nSPS) is 18.3. The van der Waals surface area contributed by atoms with Crippen LogP contribution in [0, 0.1) is 0 Å². The van der Waals surface area contributed by atoms with Crippen LogP contribution in [0.5, 0.6) is 0 Å². The molecule has 1 aliphatic carbocycles. The van der Waals surface area contributed by atoms with E-state index in [2.05, 4.69) is 10.1 Å². The summed E-state index contributed by atoms with van der Waals surface area (Å²) in [5, 5.41) is 4.21. The monoisotopic (exact) mass is 152 g/mol. The Morgan fingerprint density at radius 2 is 2.27 bits per heavy atom. The minimum absolute atomic E-state index is 0.520. The highest BCUT2D eigenvalue weighted by Crippen LogP contribution is 2.34. The molecule has 0 spiro atoms. The van der Waals surface area contributed by atoms with Gasteiger partial charge in [0.15, 0.2) is 5.82 Å². The van der Waals surface area contributed by atoms with Gasteiger partial charge >= 0.3 is 0 Å². The van der Waals surface area contributed by atoms with Crippen LogP contribution >= 0.6 is 0 Å². The lowest BCUT2D eigenvalue weighted by Gasteiger charge is -2.21. The van der Waals surface area contributed by atoms with Crippen LogP contribution < -0.4 is 5.73 Å². The van der Waals surface area contributed by atoms with Crippen LogP contribution in [-0.2, 0) is 7.05 Å². The van der Waals surface area contributed by atoms with Crippen molar-refractivity contribution in [2.75, 3.05) is 5.73 Å². The standard InChI is InChI=1S/C7H12N4/c1-11-7(8)9-6(10-11)5-3-2-4-5/h5H,2-4H2,1H3,(H2,8,9,10). The van der Waals surface area contributed by atoms with Crippen LogP contribution in [0.1, 0.15) is 31.0 Å². The van der Waals surface area contributed by atoms with E-state index in [1.807, 2.05) is 7.05 Å². The number of nitrogens with zero attached hydrogens (tertiary/aromatic N) is 3. The summed E-state index contributed by atoms with van der Waals surface area (Å²) in [6, 6.07) is 0. The molecule has 1 heterocycles. The number of aromatic nitrogens is 3. The maximum absolute atomic E-state index is 5.55. The van der Waals surface area contributed by atoms with Crippen molar-refractivity contribution in [2.45, 2.75) is 25.2 Å². The maximum Gasteiger partial charge on any atom is 0.218 e. The summed E-state index contributed by atoms with van der Waals surface area (Å²) in [7, 11) is 1.82. The molecule has 0 aromatic carbocycles. The first-order valence-electron chi connectivity index (χ1n) is 3.94. The lowest BCUT2D eigenvalue weighted by atomic mass is 9.85. The van der Waals surface area contributed by atoms with E-state index in [0.717, 1.165) is 5.82 Å². The number of nitrogens with two attached hydrogens (primary N) is 1. The summed E-state index contributed by atoms with van der Waals surface area (Å²) in [6.07, 6.45) is 3.76. The molecule has 0 unspecified atom stereocenters. The Morgan fingerprint density at radius 1 is 1.55 bits per heavy atom. The maximum atomic E-state index is 5.55. The molecule has 0 saturated heterocycles. The highest BCUT2D eigenvalue weighted by molar-refractivity contribution is 5.17. The molecule has 4 nitrogen and oxygen atoms in total. The molecular weight excluding hydrogens is 140 g/mol. The summed E-state index contributed by atoms with van der Waals surface area (Å²) in [6.45, 7) is 0. The van der Waals surface area contributed by atoms with Crippen LogP contribution in [0.4, 0.5) is 5.95 Å². The van der Waals surface area contributed by atoms with E-state index in [9.17, 15) is 0 Å². The zero-order valence-electron chi connectivity index (χ0n) is 6.62. The molecule has 1 aromatic rings. The zero-order valence-corrected chi connectivity index (χ0v) is 6.62. The van der Waals surface area contributed by atoms with E-state index in [-0.39, 0.29) is 0 Å². The number of nitrogen functional groups attached to an aromatic ring is 1. The highest BCUT2D eigenvalue weighted by atomic mass is 15.4. The largest absolute Gasteiger partial charge is 0.368 e. The van der Waals surface area contributed by atoms with Crippen molar-refractivity contribution in [3.63, 3.8) is 0 Å². The SMILES string of the molecule is Cn1nc(C2CCC2)nc1N. The van der Waals surface area contributed by atoms with Crippen molar-refractivity contribution in [1.29, 1.82) is 0 Å². The van der Waals surface area contributed by atoms with Crippen LogP contribution in [0.2, 0.25) is 0 Å². The third-order valence-electron chi connectivity index (χ3n) is 2.28. The first-order chi connectivity index (χ1) is 5.27. The second-order valence-corrected chi connectivity index (χ2v) is 3.08. The molecule has 11 heavy (non-hydrogen) atoms. The first-order valence-corrected chi connectivity index (χ1v) is 3.94. The van der Waals surface area contributed by atoms with E-state index in [4.69, 9.17) is 5.73 Å². The third-order valence-corrected chi connectivity index (χ3v) is 2.28. The van der Waals surface area contributed by atoms with Crippen LogP contribution in [-0.4, -0.2) is 14.8 Å². The average Bonchev–Trinajstić information content (AvgIpc) is 2.08. The third kappa shape index (κ3) is 0.982. The Balaban J connectivity index is 2.24. The minimum Gasteiger partial charge on any atom is -0.368 e. The van der Waals surface area contributed by atoms with Crippen molar-refractivity contribution < 1.29 is 0 Å². The molecule has 1 saturated carbocycles. The smallest absolute Gasteiger partial charge is 0.218 e. The van der Waals surface area contributed by atoms with Gasteiger partial charge < -0.3 is 5.73 Å². The van der Waals surface area contributed by atoms with E-state index in [1.165, 1.54) is 19.3 Å². The van der Waals surface area contributed by atoms with Crippen molar-refractivity contribution in [2.24, 2.45) is 7.05 Å². The average molecular weight is 152 g/mol. The summed E-state index contributed by atoms with van der Waals surface area (Å²) in [5.74, 6) is 2.03. The van der Waals surface area contributed by atoms with E-state index < -0.39 is 0 Å². The van der Waals surface area contributed by atoms with Gasteiger partial charge in [0, 0.05) is 13.0 Å². The van der Waals surface area contributed by atoms with Gasteiger partial charge in [0.05, 0.1) is 0 Å². The first kappa shape index (κ1) is 6.64. The van der Waals surface area contributed by atoms with Gasteiger partial charge in [-0.25, -0.2) is 4.68 Å². The Bertz CT molecular complexity index is 242. The van der Waals surface area contributed by atoms with Gasteiger partial charge in [0.25, 0.3) is 0 Å². The molecule has 0 bridgehead atoms. The van der Waals surface area contributed by atoms with Gasteiger partial charge in [-0.15, -0.1) is 0 Å². The van der Waals surface area contributed by atoms with Gasteiger partial charge in [-0.05, 0) is 12.8 Å². The molecule has 1 fully saturated rings. The van der Waals surface area contributed by atoms with E-state index in [1.54, 1.807) is 4.68 Å². The Kier molecular flexibility index (Phi) is 1.34. The molecule has 0 atom stereocenters. The zero-order chi connectivity index (χ0) is 7.84. The fourth-order valence-electron chi connectivity index (χ4n) is 1.26. The van der Waals surface area contributed by atoms with Crippen molar-refractivity contribution in [3.8, 4) is 0 Å². The fraction of sp³-hybridized carbons (Fsp3) is 0.714. The Labute approximate surface area is 65.4 Å². The van der Waals surface area contributed by atoms with Gasteiger partial charge in [-0.2, -0.15) is 10.1 Å². The molecular formula is C7H12N4. The lowest BCUT2D eigenvalue weighted by Crippen LogP contribution is -2.10. The minimum atomic E-state index is 0.520. The quantitative estimate of drug-likeness (QED) is 0.643. The molecule has 0 aliphatic heterocycles. The second-order valence-electron chi connectivity index (χ2n) is 3.08. The van der Waals surface area contributed by atoms with Crippen molar-refractivity contribution in [3.05, 3.63) is 5.82 Å². The van der Waals surface area contributed by atoms with Gasteiger partial charge in [0.2, 0.25) is 5.95 Å². The lowest BCUT2D eigenvalue weighted by molar-refractivity contribution is 0.400. The van der Waals surface area contributed by atoms with E-state index >= 15 is 0 Å². The van der Waals surface area contributed by atoms with Crippen molar-refractivity contribution in [1.82, 2.24) is 14.8 Å². The molecule has 4 heteroatoms. The number of rotatable bonds is 1.